The first-order valence-electron chi connectivity index (χ1n) is 10.7. The van der Waals surface area contributed by atoms with Gasteiger partial charge >= 0.3 is 5.91 Å². The van der Waals surface area contributed by atoms with Crippen LogP contribution in [0.1, 0.15) is 32.9 Å². The Labute approximate surface area is 194 Å². The molecule has 1 N–H and O–H groups in total. The fourth-order valence-electron chi connectivity index (χ4n) is 3.41. The lowest BCUT2D eigenvalue weighted by molar-refractivity contribution is -0.645. The molecule has 1 aromatic heterocycles. The Bertz CT molecular complexity index is 1280. The number of aromatic nitrogens is 1. The van der Waals surface area contributed by atoms with Gasteiger partial charge in [0.25, 0.3) is 0 Å². The Morgan fingerprint density at radius 3 is 2.00 bits per heavy atom. The molecule has 4 nitrogen and oxygen atoms in total. The number of amides is 1. The standard InChI is InChI=1S/C29H24N2O2/c1-33-28-18-9-8-13-24(28)20-22-27-17-10-16-26(21-19-23-11-4-2-5-12-23)31(27)30-29(32)25-14-6-3-7-15-25/h2-22H,1H3/p+1/b21-19+,22-20+. The maximum atomic E-state index is 13.0. The number of ether oxygens (including phenoxy) is 1. The van der Waals surface area contributed by atoms with Gasteiger partial charge in [0.1, 0.15) is 5.75 Å². The quantitative estimate of drug-likeness (QED) is 0.380. The average molecular weight is 434 g/mol. The largest absolute Gasteiger partial charge is 0.496 e. The molecular formula is C29H25N2O2+. The highest BCUT2D eigenvalue weighted by molar-refractivity contribution is 5.98. The lowest BCUT2D eigenvalue weighted by atomic mass is 10.1. The second kappa shape index (κ2) is 10.7. The van der Waals surface area contributed by atoms with Crippen molar-refractivity contribution in [2.24, 2.45) is 0 Å². The Morgan fingerprint density at radius 1 is 0.697 bits per heavy atom. The van der Waals surface area contributed by atoms with Gasteiger partial charge in [0.15, 0.2) is 0 Å². The first kappa shape index (κ1) is 21.8. The molecule has 0 atom stereocenters. The summed E-state index contributed by atoms with van der Waals surface area (Å²) in [6, 6.07) is 32.9. The van der Waals surface area contributed by atoms with E-state index in [9.17, 15) is 4.79 Å². The Hall–Kier alpha value is -4.44. The van der Waals surface area contributed by atoms with Crippen LogP contribution in [0.25, 0.3) is 24.3 Å². The summed E-state index contributed by atoms with van der Waals surface area (Å²) in [7, 11) is 1.65. The van der Waals surface area contributed by atoms with Gasteiger partial charge in [-0.05, 0) is 42.0 Å². The molecule has 4 aromatic rings. The molecule has 0 aliphatic carbocycles. The van der Waals surface area contributed by atoms with Crippen LogP contribution in [0.2, 0.25) is 0 Å². The summed E-state index contributed by atoms with van der Waals surface area (Å²) in [5.41, 5.74) is 7.32. The molecule has 0 radical (unpaired) electrons. The number of nitrogens with one attached hydrogen (secondary N) is 1. The molecule has 0 saturated carbocycles. The van der Waals surface area contributed by atoms with Crippen molar-refractivity contribution in [1.82, 2.24) is 0 Å². The number of rotatable bonds is 7. The summed E-state index contributed by atoms with van der Waals surface area (Å²) in [6.45, 7) is 0. The number of nitrogens with zero attached hydrogens (tertiary/aromatic N) is 1. The number of pyridine rings is 1. The molecule has 0 spiro atoms. The molecule has 0 aliphatic rings. The van der Waals surface area contributed by atoms with E-state index in [2.05, 4.69) is 5.43 Å². The second-order valence-electron chi connectivity index (χ2n) is 7.34. The molecule has 1 amide bonds. The SMILES string of the molecule is COc1ccccc1/C=C/c1cccc(/C=C/c2ccccc2)[n+]1NC(=O)c1ccccc1. The summed E-state index contributed by atoms with van der Waals surface area (Å²) in [4.78, 5) is 13.0. The van der Waals surface area contributed by atoms with Crippen LogP contribution in [0.3, 0.4) is 0 Å². The molecule has 3 aromatic carbocycles. The zero-order valence-corrected chi connectivity index (χ0v) is 18.4. The van der Waals surface area contributed by atoms with Crippen molar-refractivity contribution in [3.8, 4) is 5.75 Å². The first-order chi connectivity index (χ1) is 16.2. The number of carbonyl (C=O) groups excluding carboxylic acids is 1. The molecule has 33 heavy (non-hydrogen) atoms. The number of hydrogen-bond acceptors (Lipinski definition) is 2. The molecule has 162 valence electrons. The highest BCUT2D eigenvalue weighted by Gasteiger charge is 2.18. The Morgan fingerprint density at radius 2 is 1.30 bits per heavy atom. The minimum absolute atomic E-state index is 0.187. The van der Waals surface area contributed by atoms with Gasteiger partial charge in [-0.3, -0.25) is 4.79 Å². The maximum Gasteiger partial charge on any atom is 0.305 e. The van der Waals surface area contributed by atoms with Gasteiger partial charge in [-0.25, -0.2) is 0 Å². The molecule has 4 rings (SSSR count). The van der Waals surface area contributed by atoms with Crippen molar-refractivity contribution in [2.45, 2.75) is 0 Å². The molecule has 1 heterocycles. The van der Waals surface area contributed by atoms with Crippen molar-refractivity contribution in [1.29, 1.82) is 0 Å². The maximum absolute atomic E-state index is 13.0. The van der Waals surface area contributed by atoms with E-state index >= 15 is 0 Å². The van der Waals surface area contributed by atoms with Gasteiger partial charge in [0, 0.05) is 35.4 Å². The van der Waals surface area contributed by atoms with Crippen LogP contribution in [0.5, 0.6) is 5.75 Å². The number of para-hydroxylation sites is 1. The van der Waals surface area contributed by atoms with E-state index in [0.717, 1.165) is 28.3 Å². The summed E-state index contributed by atoms with van der Waals surface area (Å²) < 4.78 is 7.25. The lowest BCUT2D eigenvalue weighted by Gasteiger charge is -2.06. The molecule has 4 heteroatoms. The number of methoxy groups -OCH3 is 1. The predicted octanol–water partition coefficient (Wildman–Crippen LogP) is 5.71. The van der Waals surface area contributed by atoms with Gasteiger partial charge < -0.3 is 4.74 Å². The van der Waals surface area contributed by atoms with Crippen molar-refractivity contribution in [3.05, 3.63) is 131 Å². The third kappa shape index (κ3) is 5.63. The fourth-order valence-corrected chi connectivity index (χ4v) is 3.41. The van der Waals surface area contributed by atoms with Crippen LogP contribution in [0.15, 0.2) is 103 Å². The minimum atomic E-state index is -0.187. The van der Waals surface area contributed by atoms with E-state index in [1.165, 1.54) is 0 Å². The van der Waals surface area contributed by atoms with Crippen LogP contribution >= 0.6 is 0 Å². The number of hydrogen-bond donors (Lipinski definition) is 1. The summed E-state index contributed by atoms with van der Waals surface area (Å²) >= 11 is 0. The monoisotopic (exact) mass is 433 g/mol. The van der Waals surface area contributed by atoms with E-state index < -0.39 is 0 Å². The van der Waals surface area contributed by atoms with Crippen LogP contribution in [0, 0.1) is 0 Å². The van der Waals surface area contributed by atoms with Gasteiger partial charge in [0.05, 0.1) is 7.11 Å². The van der Waals surface area contributed by atoms with Gasteiger partial charge in [-0.15, -0.1) is 5.43 Å². The molecular weight excluding hydrogens is 408 g/mol. The first-order valence-corrected chi connectivity index (χ1v) is 10.7. The zero-order valence-electron chi connectivity index (χ0n) is 18.4. The van der Waals surface area contributed by atoms with E-state index in [1.807, 2.05) is 115 Å². The smallest absolute Gasteiger partial charge is 0.305 e. The van der Waals surface area contributed by atoms with Crippen LogP contribution in [-0.4, -0.2) is 13.0 Å². The van der Waals surface area contributed by atoms with Crippen molar-refractivity contribution >= 4 is 30.2 Å². The molecule has 0 saturated heterocycles. The second-order valence-corrected chi connectivity index (χ2v) is 7.34. The van der Waals surface area contributed by atoms with Gasteiger partial charge in [-0.1, -0.05) is 71.4 Å². The molecule has 0 fully saturated rings. The fraction of sp³-hybridized carbons (Fsp3) is 0.0345. The lowest BCUT2D eigenvalue weighted by Crippen LogP contribution is -2.52. The third-order valence-electron chi connectivity index (χ3n) is 5.12. The van der Waals surface area contributed by atoms with Crippen molar-refractivity contribution < 1.29 is 14.2 Å². The topological polar surface area (TPSA) is 42.2 Å². The van der Waals surface area contributed by atoms with Gasteiger partial charge in [0.2, 0.25) is 11.4 Å². The predicted molar refractivity (Wildman–Crippen MR) is 134 cm³/mol. The normalized spacial score (nSPS) is 11.1. The van der Waals surface area contributed by atoms with E-state index in [4.69, 9.17) is 4.74 Å². The minimum Gasteiger partial charge on any atom is -0.496 e. The molecule has 0 aliphatic heterocycles. The van der Waals surface area contributed by atoms with E-state index in [-0.39, 0.29) is 5.91 Å². The van der Waals surface area contributed by atoms with E-state index in [1.54, 1.807) is 23.9 Å². The zero-order chi connectivity index (χ0) is 22.9. The number of benzene rings is 3. The number of carbonyl (C=O) groups is 1. The highest BCUT2D eigenvalue weighted by Crippen LogP contribution is 2.19. The summed E-state index contributed by atoms with van der Waals surface area (Å²) in [5, 5.41) is 0. The highest BCUT2D eigenvalue weighted by atomic mass is 16.5. The van der Waals surface area contributed by atoms with Crippen LogP contribution in [-0.2, 0) is 0 Å². The molecule has 0 bridgehead atoms. The van der Waals surface area contributed by atoms with E-state index in [0.29, 0.717) is 5.56 Å². The van der Waals surface area contributed by atoms with Crippen LogP contribution < -0.4 is 14.8 Å². The Kier molecular flexibility index (Phi) is 7.08. The summed E-state index contributed by atoms with van der Waals surface area (Å²) in [6.07, 6.45) is 7.95. The third-order valence-corrected chi connectivity index (χ3v) is 5.12. The van der Waals surface area contributed by atoms with Crippen LogP contribution in [0.4, 0.5) is 0 Å². The average Bonchev–Trinajstić information content (AvgIpc) is 2.88. The Balaban J connectivity index is 1.72. The molecule has 0 unspecified atom stereocenters. The van der Waals surface area contributed by atoms with Gasteiger partial charge in [-0.2, -0.15) is 0 Å². The van der Waals surface area contributed by atoms with Crippen molar-refractivity contribution in [2.75, 3.05) is 12.5 Å². The summed E-state index contributed by atoms with van der Waals surface area (Å²) in [5.74, 6) is 0.599. The van der Waals surface area contributed by atoms with Crippen molar-refractivity contribution in [3.63, 3.8) is 0 Å².